The highest BCUT2D eigenvalue weighted by Crippen LogP contribution is 2.64. The van der Waals surface area contributed by atoms with Gasteiger partial charge in [0.15, 0.2) is 11.6 Å². The van der Waals surface area contributed by atoms with Crippen molar-refractivity contribution in [2.24, 2.45) is 0 Å². The summed E-state index contributed by atoms with van der Waals surface area (Å²) < 4.78 is 9.10. The third kappa shape index (κ3) is 4.23. The van der Waals surface area contributed by atoms with Crippen LogP contribution in [0.4, 0.5) is 0 Å². The van der Waals surface area contributed by atoms with Gasteiger partial charge in [0.25, 0.3) is 0 Å². The number of aromatic nitrogens is 4. The van der Waals surface area contributed by atoms with Crippen molar-refractivity contribution in [3.63, 3.8) is 0 Å². The lowest BCUT2D eigenvalue weighted by Gasteiger charge is -2.39. The van der Waals surface area contributed by atoms with E-state index in [0.29, 0.717) is 17.6 Å². The minimum atomic E-state index is -0.631. The van der Waals surface area contributed by atoms with E-state index in [1.54, 1.807) is 0 Å². The van der Waals surface area contributed by atoms with Crippen LogP contribution in [0.2, 0.25) is 0 Å². The number of rotatable bonds is 3. The number of nitrogens with zero attached hydrogens (tertiary/aromatic N) is 4. The Morgan fingerprint density at radius 2 is 0.933 bits per heavy atom. The van der Waals surface area contributed by atoms with Gasteiger partial charge in [0, 0.05) is 44.0 Å². The van der Waals surface area contributed by atoms with Crippen LogP contribution in [-0.4, -0.2) is 19.5 Å². The topological polar surface area (TPSA) is 52.8 Å². The lowest BCUT2D eigenvalue weighted by Crippen LogP contribution is -2.32. The highest BCUT2D eigenvalue weighted by atomic mass is 16.5. The predicted octanol–water partition coefficient (Wildman–Crippen LogP) is 13.1. The van der Waals surface area contributed by atoms with Gasteiger partial charge in [-0.25, -0.2) is 4.98 Å². The molecule has 282 valence electrons. The lowest BCUT2D eigenvalue weighted by molar-refractivity contribution is 0.436. The van der Waals surface area contributed by atoms with Crippen LogP contribution in [0.25, 0.3) is 72.8 Å². The Morgan fingerprint density at radius 1 is 0.417 bits per heavy atom. The summed E-state index contributed by atoms with van der Waals surface area (Å²) in [5.41, 5.74) is 15.3. The summed E-state index contributed by atoms with van der Waals surface area (Å²) in [4.78, 5) is 16.1. The van der Waals surface area contributed by atoms with E-state index in [2.05, 4.69) is 164 Å². The number of hydrogen-bond donors (Lipinski definition) is 0. The predicted molar refractivity (Wildman–Crippen MR) is 240 cm³/mol. The molecule has 0 unspecified atom stereocenters. The number of fused-ring (bicyclic) bond motifs is 17. The summed E-state index contributed by atoms with van der Waals surface area (Å²) in [6, 6.07) is 64.9. The second-order valence-electron chi connectivity index (χ2n) is 16.7. The van der Waals surface area contributed by atoms with E-state index in [4.69, 9.17) is 19.7 Å². The Bertz CT molecular complexity index is 3330. The third-order valence-electron chi connectivity index (χ3n) is 13.3. The van der Waals surface area contributed by atoms with Crippen LogP contribution in [0.5, 0.6) is 11.5 Å². The molecule has 0 radical (unpaired) electrons. The maximum absolute atomic E-state index is 6.71. The zero-order valence-electron chi connectivity index (χ0n) is 33.0. The monoisotopic (exact) mass is 768 g/mol. The van der Waals surface area contributed by atoms with Gasteiger partial charge in [-0.2, -0.15) is 9.97 Å². The van der Waals surface area contributed by atoms with E-state index in [1.807, 2.05) is 36.4 Å². The molecule has 1 aliphatic heterocycles. The fraction of sp³-hybridized carbons (Fsp3) is 0.0727. The molecule has 2 aliphatic carbocycles. The molecule has 5 nitrogen and oxygen atoms in total. The van der Waals surface area contributed by atoms with Crippen LogP contribution in [-0.2, 0) is 10.8 Å². The van der Waals surface area contributed by atoms with Gasteiger partial charge in [0.1, 0.15) is 11.5 Å². The molecule has 0 N–H and O–H groups in total. The lowest BCUT2D eigenvalue weighted by atomic mass is 9.66. The summed E-state index contributed by atoms with van der Waals surface area (Å²) in [7, 11) is 0. The van der Waals surface area contributed by atoms with Crippen LogP contribution in [0, 0.1) is 0 Å². The Labute approximate surface area is 347 Å². The highest BCUT2D eigenvalue weighted by molar-refractivity contribution is 6.18. The fourth-order valence-corrected chi connectivity index (χ4v) is 10.9. The summed E-state index contributed by atoms with van der Waals surface area (Å²) in [5, 5.41) is 2.32. The van der Waals surface area contributed by atoms with Crippen LogP contribution in [0.15, 0.2) is 182 Å². The van der Waals surface area contributed by atoms with Gasteiger partial charge in [-0.15, -0.1) is 0 Å². The first-order valence-electron chi connectivity index (χ1n) is 20.6. The zero-order valence-corrected chi connectivity index (χ0v) is 33.0. The highest BCUT2D eigenvalue weighted by Gasteiger charge is 2.52. The quantitative estimate of drug-likeness (QED) is 0.180. The number of hydrogen-bond acceptors (Lipinski definition) is 4. The summed E-state index contributed by atoms with van der Waals surface area (Å²) >= 11 is 0. The minimum absolute atomic E-state index is 0.310. The van der Waals surface area contributed by atoms with Crippen LogP contribution >= 0.6 is 0 Å². The Balaban J connectivity index is 1.24. The van der Waals surface area contributed by atoms with Crippen molar-refractivity contribution < 1.29 is 4.74 Å². The first kappa shape index (κ1) is 33.4. The van der Waals surface area contributed by atoms with E-state index < -0.39 is 5.41 Å². The minimum Gasteiger partial charge on any atom is -0.457 e. The SMILES string of the molecule is CC1(C)c2ccccc2-c2ccc3c4ccc5c(c4n(-c4nc(-c6ccccc6)nc(-c6ccccc6)n4)c3c21)-c1ccccc1C51c2ccccc2Oc2ccccc21. The number of ether oxygens (including phenoxy) is 1. The second-order valence-corrected chi connectivity index (χ2v) is 16.7. The second kappa shape index (κ2) is 12.0. The van der Waals surface area contributed by atoms with E-state index in [1.165, 1.54) is 49.9 Å². The van der Waals surface area contributed by atoms with Gasteiger partial charge >= 0.3 is 0 Å². The van der Waals surface area contributed by atoms with Crippen molar-refractivity contribution in [3.8, 4) is 62.5 Å². The van der Waals surface area contributed by atoms with Gasteiger partial charge in [0.2, 0.25) is 5.95 Å². The molecular formula is C55H36N4O. The molecule has 2 aromatic heterocycles. The van der Waals surface area contributed by atoms with E-state index in [0.717, 1.165) is 50.2 Å². The molecule has 10 aromatic rings. The molecule has 3 heterocycles. The third-order valence-corrected chi connectivity index (χ3v) is 13.3. The molecule has 3 aliphatic rings. The Hall–Kier alpha value is -7.63. The summed E-state index contributed by atoms with van der Waals surface area (Å²) in [5.74, 6) is 3.58. The van der Waals surface area contributed by atoms with Crippen molar-refractivity contribution in [1.29, 1.82) is 0 Å². The van der Waals surface area contributed by atoms with Crippen molar-refractivity contribution in [3.05, 3.63) is 215 Å². The van der Waals surface area contributed by atoms with E-state index in [9.17, 15) is 0 Å². The molecule has 13 rings (SSSR count). The molecule has 60 heavy (non-hydrogen) atoms. The zero-order chi connectivity index (χ0) is 39.7. The maximum atomic E-state index is 6.71. The van der Waals surface area contributed by atoms with Gasteiger partial charge in [-0.1, -0.05) is 184 Å². The molecule has 0 amide bonds. The summed E-state index contributed by atoms with van der Waals surface area (Å²) in [6.45, 7) is 4.73. The molecule has 0 saturated carbocycles. The molecule has 8 aromatic carbocycles. The van der Waals surface area contributed by atoms with Gasteiger partial charge in [-0.3, -0.25) is 4.57 Å². The van der Waals surface area contributed by atoms with E-state index in [-0.39, 0.29) is 5.41 Å². The molecule has 0 saturated heterocycles. The Kier molecular flexibility index (Phi) is 6.65. The first-order chi connectivity index (χ1) is 29.5. The van der Waals surface area contributed by atoms with Crippen molar-refractivity contribution in [2.45, 2.75) is 24.7 Å². The number of para-hydroxylation sites is 2. The molecule has 0 bridgehead atoms. The molecular weight excluding hydrogens is 733 g/mol. The molecule has 1 spiro atoms. The largest absolute Gasteiger partial charge is 0.457 e. The average molecular weight is 769 g/mol. The Morgan fingerprint density at radius 3 is 1.58 bits per heavy atom. The van der Waals surface area contributed by atoms with E-state index >= 15 is 0 Å². The molecule has 5 heteroatoms. The average Bonchev–Trinajstić information content (AvgIpc) is 3.88. The molecule has 0 fully saturated rings. The van der Waals surface area contributed by atoms with Gasteiger partial charge in [0.05, 0.1) is 16.4 Å². The van der Waals surface area contributed by atoms with Crippen molar-refractivity contribution in [1.82, 2.24) is 19.5 Å². The first-order valence-corrected chi connectivity index (χ1v) is 20.6. The van der Waals surface area contributed by atoms with Crippen LogP contribution in [0.3, 0.4) is 0 Å². The summed E-state index contributed by atoms with van der Waals surface area (Å²) in [6.07, 6.45) is 0. The number of benzene rings is 8. The standard InChI is InChI=1S/C55H36N4O/c1-54(2)40-23-11-9-21-35(40)36-29-30-38-37-31-32-44-47(39-22-10-12-24-41(39)55(44)42-25-13-15-27-45(42)60-46-28-16-14-26-43(46)55)49(37)59(50(38)48(36)54)53-57-51(33-17-5-3-6-18-33)56-52(58-53)34-19-7-4-8-20-34/h3-32H,1-2H3. The smallest absolute Gasteiger partial charge is 0.238 e. The van der Waals surface area contributed by atoms with Crippen molar-refractivity contribution in [2.75, 3.05) is 0 Å². The van der Waals surface area contributed by atoms with Gasteiger partial charge < -0.3 is 4.74 Å². The van der Waals surface area contributed by atoms with Crippen LogP contribution in [0.1, 0.15) is 47.2 Å². The normalized spacial score (nSPS) is 14.6. The van der Waals surface area contributed by atoms with Crippen molar-refractivity contribution >= 4 is 21.8 Å². The maximum Gasteiger partial charge on any atom is 0.238 e. The fourth-order valence-electron chi connectivity index (χ4n) is 10.9. The molecule has 0 atom stereocenters. The van der Waals surface area contributed by atoms with Gasteiger partial charge in [-0.05, 0) is 51.1 Å². The van der Waals surface area contributed by atoms with Crippen LogP contribution < -0.4 is 4.74 Å².